The van der Waals surface area contributed by atoms with E-state index in [0.29, 0.717) is 26.9 Å². The number of benzene rings is 2. The maximum absolute atomic E-state index is 13.8. The Morgan fingerprint density at radius 2 is 1.66 bits per heavy atom. The first-order valence-corrected chi connectivity index (χ1v) is 17.3. The SMILES string of the molecule is O=C(NCc1ccc(OC(F)C(F)F)cc1)[C@H]1CN(c2nc3nc(C4CC4)ncc3s2)CCN1S(=O)(=O)c1ccc(OC(F)(F)C(F)F)cc1. The molecule has 1 aliphatic heterocycles. The molecule has 3 heterocycles. The molecule has 6 rings (SSSR count). The number of aromatic nitrogens is 3. The predicted octanol–water partition coefficient (Wildman–Crippen LogP) is 5.34. The van der Waals surface area contributed by atoms with Crippen LogP contribution in [0.2, 0.25) is 0 Å². The summed E-state index contributed by atoms with van der Waals surface area (Å²) in [7, 11) is -4.48. The molecule has 1 aliphatic carbocycles. The second-order valence-corrected chi connectivity index (χ2v) is 14.3. The predicted molar refractivity (Wildman–Crippen MR) is 165 cm³/mol. The molecule has 20 heteroatoms. The van der Waals surface area contributed by atoms with Gasteiger partial charge >= 0.3 is 19.0 Å². The number of alkyl halides is 7. The first-order valence-electron chi connectivity index (χ1n) is 15.0. The van der Waals surface area contributed by atoms with E-state index in [1.165, 1.54) is 35.6 Å². The van der Waals surface area contributed by atoms with Crippen LogP contribution < -0.4 is 19.7 Å². The van der Waals surface area contributed by atoms with Gasteiger partial charge in [0, 0.05) is 32.1 Å². The minimum atomic E-state index is -4.81. The molecule has 268 valence electrons. The van der Waals surface area contributed by atoms with Gasteiger partial charge in [0.25, 0.3) is 6.36 Å². The highest BCUT2D eigenvalue weighted by molar-refractivity contribution is 7.89. The van der Waals surface area contributed by atoms with Gasteiger partial charge in [0.05, 0.1) is 15.8 Å². The number of hydrogen-bond donors (Lipinski definition) is 1. The minimum Gasteiger partial charge on any atom is -0.454 e. The van der Waals surface area contributed by atoms with Crippen molar-refractivity contribution in [2.45, 2.75) is 61.6 Å². The summed E-state index contributed by atoms with van der Waals surface area (Å²) in [5, 5.41) is 3.13. The lowest BCUT2D eigenvalue weighted by atomic mass is 10.1. The second-order valence-electron chi connectivity index (χ2n) is 11.4. The number of halogens is 7. The molecule has 1 N–H and O–H groups in total. The second kappa shape index (κ2) is 14.1. The highest BCUT2D eigenvalue weighted by atomic mass is 32.2. The molecular formula is C30H27F7N6O5S2. The topological polar surface area (TPSA) is 127 Å². The zero-order valence-corrected chi connectivity index (χ0v) is 27.2. The third kappa shape index (κ3) is 7.86. The first-order chi connectivity index (χ1) is 23.7. The molecule has 1 unspecified atom stereocenters. The molecule has 2 aromatic carbocycles. The molecule has 0 spiro atoms. The number of carbonyl (C=O) groups excluding carboxylic acids is 1. The normalized spacial score (nSPS) is 18.1. The van der Waals surface area contributed by atoms with E-state index < -0.39 is 57.9 Å². The molecular weight excluding hydrogens is 721 g/mol. The number of nitrogens with zero attached hydrogens (tertiary/aromatic N) is 5. The van der Waals surface area contributed by atoms with Crippen LogP contribution in [0.25, 0.3) is 10.3 Å². The lowest BCUT2D eigenvalue weighted by Gasteiger charge is -2.39. The summed E-state index contributed by atoms with van der Waals surface area (Å²) < 4.78 is 128. The van der Waals surface area contributed by atoms with Crippen LogP contribution in [-0.2, 0) is 21.4 Å². The molecule has 2 atom stereocenters. The van der Waals surface area contributed by atoms with Crippen LogP contribution >= 0.6 is 11.3 Å². The summed E-state index contributed by atoms with van der Waals surface area (Å²) >= 11 is 1.26. The fourth-order valence-corrected chi connectivity index (χ4v) is 7.53. The molecule has 2 fully saturated rings. The number of anilines is 1. The van der Waals surface area contributed by atoms with E-state index in [1.54, 1.807) is 11.1 Å². The number of hydrogen-bond acceptors (Lipinski definition) is 10. The van der Waals surface area contributed by atoms with Gasteiger partial charge in [-0.25, -0.2) is 27.2 Å². The van der Waals surface area contributed by atoms with Crippen molar-refractivity contribution in [1.82, 2.24) is 24.6 Å². The minimum absolute atomic E-state index is 0.100. The van der Waals surface area contributed by atoms with Gasteiger partial charge in [-0.05, 0) is 54.8 Å². The summed E-state index contributed by atoms with van der Waals surface area (Å²) in [6.07, 6.45) is -11.5. The zero-order chi connectivity index (χ0) is 35.8. The van der Waals surface area contributed by atoms with Gasteiger partial charge in [-0.3, -0.25) is 4.79 Å². The van der Waals surface area contributed by atoms with E-state index in [9.17, 15) is 43.9 Å². The molecule has 4 aromatic rings. The smallest absolute Gasteiger partial charge is 0.454 e. The number of thiazole rings is 1. The van der Waals surface area contributed by atoms with Gasteiger partial charge in [0.1, 0.15) is 23.4 Å². The summed E-state index contributed by atoms with van der Waals surface area (Å²) in [5.74, 6) is -0.629. The van der Waals surface area contributed by atoms with E-state index in [-0.39, 0.29) is 37.8 Å². The van der Waals surface area contributed by atoms with Crippen LogP contribution in [0.5, 0.6) is 11.5 Å². The van der Waals surface area contributed by atoms with Crippen LogP contribution in [0.3, 0.4) is 0 Å². The Hall–Kier alpha value is -4.30. The summed E-state index contributed by atoms with van der Waals surface area (Å²) in [6.45, 7) is -0.406. The quantitative estimate of drug-likeness (QED) is 0.181. The molecule has 1 amide bonds. The summed E-state index contributed by atoms with van der Waals surface area (Å²) in [4.78, 5) is 28.6. The van der Waals surface area contributed by atoms with E-state index >= 15 is 0 Å². The fourth-order valence-electron chi connectivity index (χ4n) is 5.04. The van der Waals surface area contributed by atoms with Crippen molar-refractivity contribution in [1.29, 1.82) is 0 Å². The molecule has 0 radical (unpaired) electrons. The number of amides is 1. The Bertz CT molecular complexity index is 1930. The van der Waals surface area contributed by atoms with Gasteiger partial charge < -0.3 is 19.7 Å². The molecule has 2 aliphatic rings. The number of nitrogens with one attached hydrogen (secondary N) is 1. The van der Waals surface area contributed by atoms with Crippen molar-refractivity contribution in [3.63, 3.8) is 0 Å². The molecule has 1 saturated heterocycles. The highest BCUT2D eigenvalue weighted by Crippen LogP contribution is 2.39. The lowest BCUT2D eigenvalue weighted by Crippen LogP contribution is -2.60. The maximum Gasteiger partial charge on any atom is 0.461 e. The van der Waals surface area contributed by atoms with Crippen LogP contribution in [0, 0.1) is 0 Å². The Balaban J connectivity index is 1.22. The zero-order valence-electron chi connectivity index (χ0n) is 25.6. The van der Waals surface area contributed by atoms with E-state index in [1.807, 2.05) is 0 Å². The Morgan fingerprint density at radius 3 is 2.30 bits per heavy atom. The third-order valence-electron chi connectivity index (χ3n) is 7.78. The van der Waals surface area contributed by atoms with Crippen molar-refractivity contribution in [2.24, 2.45) is 0 Å². The average Bonchev–Trinajstić information content (AvgIpc) is 3.85. The van der Waals surface area contributed by atoms with Gasteiger partial charge in [-0.15, -0.1) is 0 Å². The highest BCUT2D eigenvalue weighted by Gasteiger charge is 2.44. The van der Waals surface area contributed by atoms with Crippen LogP contribution in [0.15, 0.2) is 59.6 Å². The number of sulfonamides is 1. The van der Waals surface area contributed by atoms with Crippen LogP contribution in [0.1, 0.15) is 30.1 Å². The Labute approximate surface area is 284 Å². The van der Waals surface area contributed by atoms with Gasteiger partial charge in [0.15, 0.2) is 10.8 Å². The van der Waals surface area contributed by atoms with E-state index in [2.05, 4.69) is 29.7 Å². The van der Waals surface area contributed by atoms with E-state index in [0.717, 1.165) is 41.4 Å². The third-order valence-corrected chi connectivity index (χ3v) is 10.7. The molecule has 1 saturated carbocycles. The van der Waals surface area contributed by atoms with Crippen molar-refractivity contribution >= 4 is 42.7 Å². The maximum atomic E-state index is 13.8. The van der Waals surface area contributed by atoms with Gasteiger partial charge in [0.2, 0.25) is 15.9 Å². The van der Waals surface area contributed by atoms with Gasteiger partial charge in [-0.2, -0.15) is 31.2 Å². The summed E-state index contributed by atoms with van der Waals surface area (Å²) in [6, 6.07) is 7.29. The average molecular weight is 749 g/mol. The van der Waals surface area contributed by atoms with Crippen molar-refractivity contribution < 1.29 is 53.4 Å². The van der Waals surface area contributed by atoms with Gasteiger partial charge in [-0.1, -0.05) is 23.5 Å². The van der Waals surface area contributed by atoms with Crippen molar-refractivity contribution in [3.05, 3.63) is 66.1 Å². The van der Waals surface area contributed by atoms with E-state index in [4.69, 9.17) is 0 Å². The lowest BCUT2D eigenvalue weighted by molar-refractivity contribution is -0.253. The van der Waals surface area contributed by atoms with Crippen molar-refractivity contribution in [2.75, 3.05) is 24.5 Å². The number of carbonyl (C=O) groups is 1. The Kier molecular flexibility index (Phi) is 10.0. The molecule has 11 nitrogen and oxygen atoms in total. The van der Waals surface area contributed by atoms with Crippen LogP contribution in [-0.4, -0.2) is 84.6 Å². The number of rotatable bonds is 13. The largest absolute Gasteiger partial charge is 0.461 e. The number of piperazine rings is 1. The number of fused-ring (bicyclic) bond motifs is 1. The number of ether oxygens (including phenoxy) is 2. The Morgan fingerprint density at radius 1 is 0.980 bits per heavy atom. The standard InChI is InChI=1S/C30H27F7N6O5S2/c31-23(32)24(33)47-18-5-1-16(2-6-18)13-39-27(44)21-15-42(29-41-26-22(49-29)14-38-25(40-26)17-3-4-17)11-12-43(21)50(45,46)20-9-7-19(8-10-20)48-30(36,37)28(34)35/h1-2,5-10,14,17,21,23-24,28H,3-4,11-13,15H2,(H,39,44)/t21-,24?/m1/s1. The first kappa shape index (κ1) is 35.5. The monoisotopic (exact) mass is 748 g/mol. The molecule has 50 heavy (non-hydrogen) atoms. The molecule has 2 aromatic heterocycles. The summed E-state index contributed by atoms with van der Waals surface area (Å²) in [5.41, 5.74) is 0.922. The fraction of sp³-hybridized carbons (Fsp3) is 0.400. The van der Waals surface area contributed by atoms with Crippen LogP contribution in [0.4, 0.5) is 35.9 Å². The molecule has 0 bridgehead atoms. The van der Waals surface area contributed by atoms with Crippen molar-refractivity contribution in [3.8, 4) is 11.5 Å².